The molecule has 4 rings (SSSR count). The molecule has 0 amide bonds. The Bertz CT molecular complexity index is 708. The number of aryl methyl sites for hydroxylation is 1. The summed E-state index contributed by atoms with van der Waals surface area (Å²) in [6, 6.07) is 8.96. The van der Waals surface area contributed by atoms with E-state index in [1.807, 2.05) is 0 Å². The number of likely N-dealkylation sites (N-methyl/N-ethyl adjacent to an activating group) is 1. The molecule has 1 aromatic heterocycles. The van der Waals surface area contributed by atoms with Crippen molar-refractivity contribution in [1.82, 2.24) is 19.8 Å². The van der Waals surface area contributed by atoms with Gasteiger partial charge < -0.3 is 9.80 Å². The molecule has 0 radical (unpaired) electrons. The summed E-state index contributed by atoms with van der Waals surface area (Å²) in [5, 5.41) is 1.16. The fraction of sp³-hybridized carbons (Fsp3) is 0.579. The number of hydrogen-bond donors (Lipinski definition) is 0. The van der Waals surface area contributed by atoms with Crippen LogP contribution in [0.3, 0.4) is 0 Å². The van der Waals surface area contributed by atoms with Crippen molar-refractivity contribution in [2.45, 2.75) is 26.3 Å². The minimum absolute atomic E-state index is 0.652. The van der Waals surface area contributed by atoms with Gasteiger partial charge in [0, 0.05) is 50.7 Å². The van der Waals surface area contributed by atoms with Gasteiger partial charge in [0.2, 0.25) is 5.95 Å². The monoisotopic (exact) mass is 325 g/mol. The summed E-state index contributed by atoms with van der Waals surface area (Å²) in [5.41, 5.74) is 2.13. The second-order valence-electron chi connectivity index (χ2n) is 6.98. The van der Waals surface area contributed by atoms with Gasteiger partial charge in [-0.1, -0.05) is 25.1 Å². The molecule has 1 atom stereocenters. The van der Waals surface area contributed by atoms with Crippen LogP contribution in [-0.4, -0.2) is 71.6 Å². The predicted octanol–water partition coefficient (Wildman–Crippen LogP) is 2.15. The summed E-state index contributed by atoms with van der Waals surface area (Å²) in [7, 11) is 0. The third kappa shape index (κ3) is 2.98. The number of aromatic nitrogens is 2. The molecule has 5 heteroatoms. The minimum Gasteiger partial charge on any atom is -0.339 e. The summed E-state index contributed by atoms with van der Waals surface area (Å²) in [6.45, 7) is 12.5. The Kier molecular flexibility index (Phi) is 4.37. The number of benzene rings is 1. The number of nitrogens with zero attached hydrogens (tertiary/aromatic N) is 5. The Morgan fingerprint density at radius 1 is 1.04 bits per heavy atom. The van der Waals surface area contributed by atoms with Crippen LogP contribution in [0.4, 0.5) is 5.95 Å². The maximum Gasteiger partial charge on any atom is 0.226 e. The molecule has 1 aromatic carbocycles. The standard InChI is InChI=1S/C19H27N5/c1-3-22-10-12-23(13-11-22)16-8-9-24(14-16)19-20-15(2)17-6-4-5-7-18(17)21-19/h4-7,16H,3,8-14H2,1-2H3. The van der Waals surface area contributed by atoms with Gasteiger partial charge in [-0.25, -0.2) is 9.97 Å². The summed E-state index contributed by atoms with van der Waals surface area (Å²) < 4.78 is 0. The van der Waals surface area contributed by atoms with Gasteiger partial charge in [0.1, 0.15) is 0 Å². The number of para-hydroxylation sites is 1. The number of piperazine rings is 1. The highest BCUT2D eigenvalue weighted by molar-refractivity contribution is 5.81. The van der Waals surface area contributed by atoms with Crippen molar-refractivity contribution in [2.24, 2.45) is 0 Å². The largest absolute Gasteiger partial charge is 0.339 e. The molecule has 0 spiro atoms. The maximum atomic E-state index is 4.81. The first-order valence-corrected chi connectivity index (χ1v) is 9.19. The van der Waals surface area contributed by atoms with Gasteiger partial charge in [-0.05, 0) is 26.0 Å². The van der Waals surface area contributed by atoms with Crippen molar-refractivity contribution in [3.63, 3.8) is 0 Å². The number of hydrogen-bond acceptors (Lipinski definition) is 5. The Labute approximate surface area is 144 Å². The third-order valence-corrected chi connectivity index (χ3v) is 5.60. The summed E-state index contributed by atoms with van der Waals surface area (Å²) in [4.78, 5) is 17.2. The van der Waals surface area contributed by atoms with E-state index in [0.717, 1.165) is 35.6 Å². The van der Waals surface area contributed by atoms with Gasteiger partial charge in [0.05, 0.1) is 11.2 Å². The Hall–Kier alpha value is -1.72. The fourth-order valence-corrected chi connectivity index (χ4v) is 4.03. The predicted molar refractivity (Wildman–Crippen MR) is 98.6 cm³/mol. The van der Waals surface area contributed by atoms with Crippen molar-refractivity contribution in [2.75, 3.05) is 50.7 Å². The summed E-state index contributed by atoms with van der Waals surface area (Å²) in [6.07, 6.45) is 1.22. The lowest BCUT2D eigenvalue weighted by atomic mass is 10.2. The van der Waals surface area contributed by atoms with Gasteiger partial charge in [-0.2, -0.15) is 0 Å². The molecular weight excluding hydrogens is 298 g/mol. The van der Waals surface area contributed by atoms with Crippen LogP contribution in [0.1, 0.15) is 19.0 Å². The van der Waals surface area contributed by atoms with E-state index < -0.39 is 0 Å². The van der Waals surface area contributed by atoms with Crippen LogP contribution in [0.15, 0.2) is 24.3 Å². The fourth-order valence-electron chi connectivity index (χ4n) is 4.03. The molecule has 0 aliphatic carbocycles. The zero-order valence-electron chi connectivity index (χ0n) is 14.8. The Morgan fingerprint density at radius 3 is 2.62 bits per heavy atom. The van der Waals surface area contributed by atoms with E-state index in [1.165, 1.54) is 39.1 Å². The van der Waals surface area contributed by atoms with Crippen molar-refractivity contribution in [1.29, 1.82) is 0 Å². The van der Waals surface area contributed by atoms with Crippen LogP contribution < -0.4 is 4.90 Å². The maximum absolute atomic E-state index is 4.81. The lowest BCUT2D eigenvalue weighted by Crippen LogP contribution is -2.50. The average Bonchev–Trinajstić information content (AvgIpc) is 3.12. The topological polar surface area (TPSA) is 35.5 Å². The molecule has 3 heterocycles. The first-order chi connectivity index (χ1) is 11.7. The van der Waals surface area contributed by atoms with E-state index in [1.54, 1.807) is 0 Å². The summed E-state index contributed by atoms with van der Waals surface area (Å²) >= 11 is 0. The zero-order valence-corrected chi connectivity index (χ0v) is 14.8. The SMILES string of the molecule is CCN1CCN(C2CCN(c3nc(C)c4ccccc4n3)C2)CC1. The molecule has 1 unspecified atom stereocenters. The van der Waals surface area contributed by atoms with Crippen LogP contribution >= 0.6 is 0 Å². The van der Waals surface area contributed by atoms with Gasteiger partial charge >= 0.3 is 0 Å². The Balaban J connectivity index is 1.47. The van der Waals surface area contributed by atoms with Crippen molar-refractivity contribution in [3.8, 4) is 0 Å². The first-order valence-electron chi connectivity index (χ1n) is 9.19. The zero-order chi connectivity index (χ0) is 16.5. The summed E-state index contributed by atoms with van der Waals surface area (Å²) in [5.74, 6) is 0.904. The molecule has 0 bridgehead atoms. The second-order valence-corrected chi connectivity index (χ2v) is 6.98. The van der Waals surface area contributed by atoms with Gasteiger partial charge in [0.25, 0.3) is 0 Å². The molecule has 0 saturated carbocycles. The molecule has 128 valence electrons. The second kappa shape index (κ2) is 6.65. The van der Waals surface area contributed by atoms with E-state index in [4.69, 9.17) is 9.97 Å². The smallest absolute Gasteiger partial charge is 0.226 e. The van der Waals surface area contributed by atoms with E-state index in [-0.39, 0.29) is 0 Å². The van der Waals surface area contributed by atoms with Crippen molar-refractivity contribution in [3.05, 3.63) is 30.0 Å². The van der Waals surface area contributed by atoms with Gasteiger partial charge in [-0.3, -0.25) is 4.90 Å². The van der Waals surface area contributed by atoms with E-state index >= 15 is 0 Å². The molecule has 2 aliphatic rings. The third-order valence-electron chi connectivity index (χ3n) is 5.60. The molecule has 2 fully saturated rings. The molecule has 5 nitrogen and oxygen atoms in total. The lowest BCUT2D eigenvalue weighted by Gasteiger charge is -2.37. The molecule has 2 saturated heterocycles. The minimum atomic E-state index is 0.652. The highest BCUT2D eigenvalue weighted by Gasteiger charge is 2.31. The van der Waals surface area contributed by atoms with Crippen LogP contribution in [-0.2, 0) is 0 Å². The number of anilines is 1. The van der Waals surface area contributed by atoms with Crippen molar-refractivity contribution < 1.29 is 0 Å². The quantitative estimate of drug-likeness (QED) is 0.864. The number of fused-ring (bicyclic) bond motifs is 1. The van der Waals surface area contributed by atoms with Gasteiger partial charge in [-0.15, -0.1) is 0 Å². The molecule has 2 aromatic rings. The lowest BCUT2D eigenvalue weighted by molar-refractivity contribution is 0.107. The van der Waals surface area contributed by atoms with Gasteiger partial charge in [0.15, 0.2) is 0 Å². The van der Waals surface area contributed by atoms with E-state index in [9.17, 15) is 0 Å². The highest BCUT2D eigenvalue weighted by Crippen LogP contribution is 2.24. The van der Waals surface area contributed by atoms with E-state index in [0.29, 0.717) is 6.04 Å². The Morgan fingerprint density at radius 2 is 1.83 bits per heavy atom. The van der Waals surface area contributed by atoms with Crippen molar-refractivity contribution >= 4 is 16.9 Å². The van der Waals surface area contributed by atoms with Crippen LogP contribution in [0.25, 0.3) is 10.9 Å². The normalized spacial score (nSPS) is 23.2. The highest BCUT2D eigenvalue weighted by atomic mass is 15.3. The van der Waals surface area contributed by atoms with Crippen LogP contribution in [0.5, 0.6) is 0 Å². The van der Waals surface area contributed by atoms with Crippen LogP contribution in [0.2, 0.25) is 0 Å². The molecule has 24 heavy (non-hydrogen) atoms. The molecule has 2 aliphatic heterocycles. The molecular formula is C19H27N5. The van der Waals surface area contributed by atoms with E-state index in [2.05, 4.69) is 52.8 Å². The van der Waals surface area contributed by atoms with Crippen LogP contribution in [0, 0.1) is 6.92 Å². The molecule has 0 N–H and O–H groups in total. The first kappa shape index (κ1) is 15.8. The average molecular weight is 325 g/mol. The number of rotatable bonds is 3.